The van der Waals surface area contributed by atoms with E-state index in [9.17, 15) is 85.9 Å². The van der Waals surface area contributed by atoms with Crippen LogP contribution in [-0.4, -0.2) is 288 Å². The highest BCUT2D eigenvalue weighted by Gasteiger charge is 2.52. The Labute approximate surface area is 835 Å². The number of aliphatic hydroxyl groups is 10. The lowest BCUT2D eigenvalue weighted by Crippen LogP contribution is -2.65. The first kappa shape index (κ1) is 109. The summed E-state index contributed by atoms with van der Waals surface area (Å²) >= 11 is 14.9. The number of rotatable bonds is 34. The fraction of sp³-hybridized carbons (Fsp3) is 0.474. The van der Waals surface area contributed by atoms with Crippen molar-refractivity contribution in [2.45, 2.75) is 225 Å². The van der Waals surface area contributed by atoms with E-state index in [0.717, 1.165) is 130 Å². The van der Waals surface area contributed by atoms with Crippen LogP contribution in [0.4, 0.5) is 0 Å². The molecule has 144 heavy (non-hydrogen) atoms. The highest BCUT2D eigenvalue weighted by molar-refractivity contribution is 6.32. The van der Waals surface area contributed by atoms with Crippen LogP contribution < -0.4 is 93.6 Å². The number of hydrogen-bond donors (Lipinski definition) is 27. The monoisotopic (exact) mass is 2050 g/mol. The molecule has 0 radical (unpaired) electrons. The van der Waals surface area contributed by atoms with Crippen molar-refractivity contribution < 1.29 is 157 Å². The highest BCUT2D eigenvalue weighted by Crippen LogP contribution is 2.50. The maximum atomic E-state index is 17.0. The highest BCUT2D eigenvalue weighted by atomic mass is 35.5. The van der Waals surface area contributed by atoms with Crippen LogP contribution in [0.5, 0.6) is 69.0 Å². The lowest BCUT2D eigenvalue weighted by Gasteiger charge is -2.44. The fourth-order valence-corrected chi connectivity index (χ4v) is 17.7. The minimum absolute atomic E-state index is 0.0411. The van der Waals surface area contributed by atoms with Crippen LogP contribution in [0.1, 0.15) is 154 Å². The second-order valence-corrected chi connectivity index (χ2v) is 37.0. The Morgan fingerprint density at radius 1 is 0.486 bits per heavy atom. The normalized spacial score (nSPS) is 26.8. The summed E-state index contributed by atoms with van der Waals surface area (Å²) in [6, 6.07) is 4.89. The van der Waals surface area contributed by atoms with Gasteiger partial charge in [0, 0.05) is 38.4 Å². The van der Waals surface area contributed by atoms with Crippen LogP contribution in [0.3, 0.4) is 0 Å². The molecule has 9 amide bonds. The van der Waals surface area contributed by atoms with Gasteiger partial charge in [-0.2, -0.15) is 0 Å². The Bertz CT molecular complexity index is 5680. The zero-order chi connectivity index (χ0) is 104. The van der Waals surface area contributed by atoms with Crippen LogP contribution in [-0.2, 0) is 68.5 Å². The molecule has 0 saturated carbocycles. The molecule has 0 spiro atoms. The van der Waals surface area contributed by atoms with Gasteiger partial charge in [0.05, 0.1) is 29.9 Å². The molecule has 780 valence electrons. The van der Waals surface area contributed by atoms with Gasteiger partial charge in [-0.1, -0.05) is 93.1 Å². The summed E-state index contributed by atoms with van der Waals surface area (Å²) in [5.74, 6) is -16.6. The summed E-state index contributed by atoms with van der Waals surface area (Å²) in [5.41, 5.74) is 10.6. The van der Waals surface area contributed by atoms with E-state index < -0.39 is 282 Å². The van der Waals surface area contributed by atoms with Crippen LogP contribution in [0.25, 0.3) is 0 Å². The molecule has 3 fully saturated rings. The van der Waals surface area contributed by atoms with Crippen LogP contribution in [0.15, 0.2) is 127 Å². The van der Waals surface area contributed by atoms with E-state index in [4.69, 9.17) is 77.3 Å². The Morgan fingerprint density at radius 3 is 1.66 bits per heavy atom. The van der Waals surface area contributed by atoms with E-state index in [1.165, 1.54) is 30.3 Å². The number of nitrogens with one attached hydrogen (secondary N) is 11. The van der Waals surface area contributed by atoms with Crippen molar-refractivity contribution in [2.24, 2.45) is 17.4 Å². The molecule has 8 aliphatic heterocycles. The number of benzene rings is 7. The number of phenolic OH excluding ortho intramolecular Hbond substituents is 4. The van der Waals surface area contributed by atoms with E-state index >= 15 is 28.8 Å². The molecule has 0 unspecified atom stereocenters. The van der Waals surface area contributed by atoms with Gasteiger partial charge in [0.1, 0.15) is 162 Å². The van der Waals surface area contributed by atoms with Crippen molar-refractivity contribution in [3.63, 3.8) is 0 Å². The number of carbonyl (C=O) groups is 9. The lowest BCUT2D eigenvalue weighted by atomic mass is 9.95. The predicted molar refractivity (Wildman–Crippen MR) is 508 cm³/mol. The Morgan fingerprint density at radius 2 is 1.03 bits per heavy atom. The van der Waals surface area contributed by atoms with Crippen molar-refractivity contribution in [1.29, 1.82) is 0 Å². The number of halogens is 2. The minimum Gasteiger partial charge on any atom is -0.508 e. The molecule has 29 N–H and O–H groups in total. The second-order valence-electron chi connectivity index (χ2n) is 36.2. The number of aromatic hydroxyl groups is 4. The van der Waals surface area contributed by atoms with E-state index in [1.54, 1.807) is 0 Å². The molecule has 45 nitrogen and oxygen atoms in total. The predicted octanol–water partition coefficient (Wildman–Crippen LogP) is 0.379. The first-order valence-electron chi connectivity index (χ1n) is 47.1. The molecule has 0 aliphatic carbocycles. The number of nitrogens with two attached hydrogens (primary N) is 2. The molecule has 23 atom stereocenters. The molecule has 8 aliphatic rings. The molecule has 3 saturated heterocycles. The lowest BCUT2D eigenvalue weighted by molar-refractivity contribution is -0.284. The van der Waals surface area contributed by atoms with Crippen LogP contribution in [0, 0.1) is 5.92 Å². The summed E-state index contributed by atoms with van der Waals surface area (Å²) in [6.45, 7) is 4.64. The average molecular weight is 2050 g/mol. The summed E-state index contributed by atoms with van der Waals surface area (Å²) in [5, 5.41) is 187. The third-order valence-corrected chi connectivity index (χ3v) is 25.5. The standard InChI is InChI=1S/C97H121Cl2N13O32/c1-44(2)11-6-4-5-7-12-70(121)107-77-83(126)80(123)68(42-114)141-96(77)144-87-65-37-52-38-66(87)139-63-22-17-49(35-59(63)99)86(143-95-76(105-45(3)116)82(125)79(122)67(41-113)140-95)78(94(135)110-73(90(131)104-28-10-27-103-26-9-25-102-24-8-23-100)50-31-55(119)40-57(34-50)137-97-85(128)84(127)81(124)69(43-115)142-97)112-91(132)72(47-14-18-53(117)19-15-47)109-93(134)75(52)111-92(133)74-51-32-54(118)39-56(33-51)136-64-36-48(16-20-61(64)120)71(101)89(130)106-60(88(129)108-74)30-46-13-21-62(138-65)58(98)29-46/h13-22,29,31-40,44,60,67-69,71-86,95-97,102-103,113-115,117-120,122-128H,4-12,23-28,30,41-43,100-101H2,1-3H3,(H,104,131)(H,105,116)(H,106,130)(H,107,121)(H,108,129)(H,109,134)(H,110,135)(H,111,133)(H,112,132)/t60-,67-,68-,69-,71-,72-,73+,74+,75-,76-,77-,78+,79-,80-,81-,82-,83-,84+,85+,86-,95+,96+,97+/m1/s1. The minimum atomic E-state index is -2.55. The molecule has 15 rings (SSSR count). The van der Waals surface area contributed by atoms with Gasteiger partial charge in [-0.05, 0) is 188 Å². The summed E-state index contributed by atoms with van der Waals surface area (Å²) in [4.78, 5) is 140. The van der Waals surface area contributed by atoms with Crippen molar-refractivity contribution in [2.75, 3.05) is 59.1 Å². The van der Waals surface area contributed by atoms with Gasteiger partial charge >= 0.3 is 0 Å². The maximum absolute atomic E-state index is 17.0. The van der Waals surface area contributed by atoms with Gasteiger partial charge in [0.15, 0.2) is 29.3 Å². The maximum Gasteiger partial charge on any atom is 0.248 e. The first-order chi connectivity index (χ1) is 68.9. The van der Waals surface area contributed by atoms with Crippen molar-refractivity contribution in [3.8, 4) is 69.0 Å². The number of phenols is 4. The summed E-state index contributed by atoms with van der Waals surface area (Å²) < 4.78 is 57.7. The number of amides is 9. The quantitative estimate of drug-likeness (QED) is 0.0242. The topological polar surface area (TPSA) is 704 Å². The second kappa shape index (κ2) is 50.1. The fourth-order valence-electron chi connectivity index (χ4n) is 17.2. The number of hydrogen-bond acceptors (Lipinski definition) is 36. The van der Waals surface area contributed by atoms with Crippen molar-refractivity contribution in [3.05, 3.63) is 176 Å². The van der Waals surface area contributed by atoms with Gasteiger partial charge in [-0.25, -0.2) is 0 Å². The Kier molecular flexibility index (Phi) is 37.9. The Hall–Kier alpha value is -12.2. The Balaban J connectivity index is 1.03. The van der Waals surface area contributed by atoms with Crippen LogP contribution in [0.2, 0.25) is 10.0 Å². The molecular weight excluding hydrogens is 1930 g/mol. The van der Waals surface area contributed by atoms with Crippen LogP contribution >= 0.6 is 23.2 Å². The molecule has 47 heteroatoms. The molecule has 7 aromatic rings. The van der Waals surface area contributed by atoms with Crippen molar-refractivity contribution in [1.82, 2.24) is 58.5 Å². The smallest absolute Gasteiger partial charge is 0.248 e. The number of ether oxygens (including phenoxy) is 9. The van der Waals surface area contributed by atoms with E-state index in [0.29, 0.717) is 57.9 Å². The molecular formula is C97H121Cl2N13O32. The summed E-state index contributed by atoms with van der Waals surface area (Å²) in [7, 11) is 0. The largest absolute Gasteiger partial charge is 0.508 e. The summed E-state index contributed by atoms with van der Waals surface area (Å²) in [6.07, 6.45) is -23.2. The van der Waals surface area contributed by atoms with E-state index in [1.807, 2.05) is 0 Å². The SMILES string of the molecule is CC(=O)N[C@H]1[C@H](O[C@@H]2c3ccc(c(Cl)c3)Oc3cc4cc(c3O[C@@H]3O[C@H](CO)[C@@H](O)[C@H](O)[C@H]3NC(=O)CCCCCCC(C)C)Oc3ccc(cc3Cl)C[C@H]3NC(=O)[C@H](N)c5ccc(O)c(c5)Oc5cc(O)cc(c5)[C@H](NC3=O)C(=O)N[C@H]4C(=O)N[C@H](c3ccc(O)cc3)C(=O)N[C@@H]2C(=O)N[C@H](C(=O)NCCCNCCCNCCCN)c2cc(O)cc(O[C@H]3O[C@H](CO)[C@@H](O)[C@H](O)[C@@H]3O)c2)O[C@H](CO)[C@@H](O)[C@@H]1O. The van der Waals surface area contributed by atoms with Gasteiger partial charge in [0.25, 0.3) is 0 Å². The number of carbonyl (C=O) groups excluding carboxylic acids is 9. The first-order valence-corrected chi connectivity index (χ1v) is 47.8. The van der Waals surface area contributed by atoms with Crippen molar-refractivity contribution >= 4 is 76.4 Å². The molecule has 0 aromatic heterocycles. The van der Waals surface area contributed by atoms with Gasteiger partial charge < -0.3 is 184 Å². The third-order valence-electron chi connectivity index (χ3n) is 24.9. The molecule has 13 bridgehead atoms. The number of fused-ring (bicyclic) bond motifs is 15. The number of unbranched alkanes of at least 4 members (excludes halogenated alkanes) is 3. The van der Waals surface area contributed by atoms with Gasteiger partial charge in [0.2, 0.25) is 71.5 Å². The molecule has 7 aromatic carbocycles. The molecule has 8 heterocycles. The zero-order valence-corrected chi connectivity index (χ0v) is 79.9. The number of aliphatic hydroxyl groups excluding tert-OH is 10. The van der Waals surface area contributed by atoms with E-state index in [2.05, 4.69) is 72.3 Å². The zero-order valence-electron chi connectivity index (χ0n) is 78.4. The van der Waals surface area contributed by atoms with Gasteiger partial charge in [-0.15, -0.1) is 0 Å². The third kappa shape index (κ3) is 27.3. The van der Waals surface area contributed by atoms with E-state index in [-0.39, 0.29) is 75.0 Å². The van der Waals surface area contributed by atoms with Gasteiger partial charge in [-0.3, -0.25) is 43.2 Å². The average Bonchev–Trinajstić information content (AvgIpc) is 0.752.